The smallest absolute Gasteiger partial charge is 0.269 e. The third-order valence-electron chi connectivity index (χ3n) is 7.82. The van der Waals surface area contributed by atoms with E-state index in [1.165, 1.54) is 24.3 Å². The van der Waals surface area contributed by atoms with Crippen LogP contribution in [-0.4, -0.2) is 20.7 Å². The van der Waals surface area contributed by atoms with Gasteiger partial charge < -0.3 is 14.5 Å². The van der Waals surface area contributed by atoms with E-state index < -0.39 is 9.85 Å². The Labute approximate surface area is 254 Å². The third-order valence-corrected chi connectivity index (χ3v) is 7.82. The van der Waals surface area contributed by atoms with Gasteiger partial charge >= 0.3 is 0 Å². The van der Waals surface area contributed by atoms with Crippen LogP contribution < -0.4 is 9.47 Å². The lowest BCUT2D eigenvalue weighted by molar-refractivity contribution is -0.385. The minimum absolute atomic E-state index is 0.0122. The Balaban J connectivity index is 1.66. The Morgan fingerprint density at radius 2 is 1.36 bits per heavy atom. The molecule has 1 N–H and O–H groups in total. The van der Waals surface area contributed by atoms with Gasteiger partial charge in [0.2, 0.25) is 11.8 Å². The van der Waals surface area contributed by atoms with Gasteiger partial charge in [0.25, 0.3) is 11.4 Å². The van der Waals surface area contributed by atoms with Crippen LogP contribution in [0.25, 0.3) is 5.57 Å². The first kappa shape index (κ1) is 30.0. The molecular weight excluding hydrogens is 560 g/mol. The summed E-state index contributed by atoms with van der Waals surface area (Å²) < 4.78 is 12.4. The van der Waals surface area contributed by atoms with Crippen LogP contribution in [-0.2, 0) is 6.42 Å². The molecule has 3 aromatic carbocycles. The molecule has 0 saturated carbocycles. The van der Waals surface area contributed by atoms with E-state index in [4.69, 9.17) is 14.5 Å². The zero-order valence-corrected chi connectivity index (χ0v) is 25.3. The number of allylic oxidation sites excluding steroid dienone is 1. The Kier molecular flexibility index (Phi) is 8.17. The molecule has 0 fully saturated rings. The number of aryl methyl sites for hydroxylation is 2. The maximum Gasteiger partial charge on any atom is 0.269 e. The number of H-pyrrole nitrogens is 1. The van der Waals surface area contributed by atoms with E-state index in [1.54, 1.807) is 24.3 Å². The number of nitrogens with zero attached hydrogens (tertiary/aromatic N) is 3. The zero-order valence-electron chi connectivity index (χ0n) is 25.3. The predicted octanol–water partition coefficient (Wildman–Crippen LogP) is 8.70. The first-order chi connectivity index (χ1) is 21.0. The molecule has 0 aliphatic carbocycles. The molecule has 4 aromatic rings. The van der Waals surface area contributed by atoms with Gasteiger partial charge in [-0.05, 0) is 87.6 Å². The number of ether oxygens (including phenoxy) is 2. The second-order valence-corrected chi connectivity index (χ2v) is 10.7. The second-order valence-electron chi connectivity index (χ2n) is 10.7. The summed E-state index contributed by atoms with van der Waals surface area (Å²) in [5, 5.41) is 22.2. The lowest BCUT2D eigenvalue weighted by Gasteiger charge is -2.15. The van der Waals surface area contributed by atoms with Crippen molar-refractivity contribution >= 4 is 22.8 Å². The fraction of sp³-hybridized carbons (Fsp3) is 0.206. The summed E-state index contributed by atoms with van der Waals surface area (Å²) in [6, 6.07) is 18.2. The molecule has 224 valence electrons. The molecule has 0 amide bonds. The summed E-state index contributed by atoms with van der Waals surface area (Å²) >= 11 is 0. The van der Waals surface area contributed by atoms with Crippen molar-refractivity contribution in [3.63, 3.8) is 0 Å². The average molecular weight is 593 g/mol. The lowest BCUT2D eigenvalue weighted by atomic mass is 9.90. The highest BCUT2D eigenvalue weighted by atomic mass is 16.6. The number of rotatable bonds is 8. The highest BCUT2D eigenvalue weighted by Crippen LogP contribution is 2.42. The van der Waals surface area contributed by atoms with Crippen LogP contribution >= 0.6 is 0 Å². The van der Waals surface area contributed by atoms with Crippen LogP contribution in [0.3, 0.4) is 0 Å². The zero-order chi connectivity index (χ0) is 31.7. The van der Waals surface area contributed by atoms with E-state index in [-0.39, 0.29) is 11.4 Å². The molecule has 0 saturated heterocycles. The maximum atomic E-state index is 11.1. The van der Waals surface area contributed by atoms with Crippen molar-refractivity contribution < 1.29 is 19.3 Å². The highest BCUT2D eigenvalue weighted by molar-refractivity contribution is 6.03. The number of aliphatic imine (C=N–C) groups is 1. The lowest BCUT2D eigenvalue weighted by Crippen LogP contribution is -2.07. The first-order valence-corrected chi connectivity index (χ1v) is 14.1. The monoisotopic (exact) mass is 592 g/mol. The van der Waals surface area contributed by atoms with Crippen molar-refractivity contribution in [3.8, 4) is 17.4 Å². The van der Waals surface area contributed by atoms with Gasteiger partial charge in [-0.1, -0.05) is 30.7 Å². The van der Waals surface area contributed by atoms with Crippen molar-refractivity contribution in [3.05, 3.63) is 137 Å². The number of hydrogen-bond donors (Lipinski definition) is 1. The molecule has 0 spiro atoms. The topological polar surface area (TPSA) is 133 Å². The van der Waals surface area contributed by atoms with Crippen LogP contribution in [0.2, 0.25) is 0 Å². The van der Waals surface area contributed by atoms with Gasteiger partial charge in [-0.15, -0.1) is 0 Å². The number of hydrogen-bond acceptors (Lipinski definition) is 7. The van der Waals surface area contributed by atoms with Crippen LogP contribution in [0, 0.1) is 41.0 Å². The first-order valence-electron chi connectivity index (χ1n) is 14.1. The van der Waals surface area contributed by atoms with E-state index in [2.05, 4.69) is 30.1 Å². The molecular formula is C34H32N4O6. The summed E-state index contributed by atoms with van der Waals surface area (Å²) in [5.41, 5.74) is 9.35. The highest BCUT2D eigenvalue weighted by Gasteiger charge is 2.28. The maximum absolute atomic E-state index is 11.1. The fourth-order valence-corrected chi connectivity index (χ4v) is 5.20. The molecule has 2 heterocycles. The van der Waals surface area contributed by atoms with Gasteiger partial charge in [-0.3, -0.25) is 20.2 Å². The molecule has 0 radical (unpaired) electrons. The second kappa shape index (κ2) is 12.0. The number of nitro benzene ring substituents is 2. The number of nitrogens with one attached hydrogen (secondary N) is 1. The Hall–Kier alpha value is -5.51. The SMILES string of the molecule is CCc1c(Oc2ccc([N+](=O)[O-])cc2)[nH]c(/C(=C2\N=C(Oc3ccc([N+](=O)[O-])cc3)C(C)=C2C)c2cc(C)ccc2C)c1C. The normalized spacial score (nSPS) is 14.0. The van der Waals surface area contributed by atoms with Gasteiger partial charge in [0, 0.05) is 41.0 Å². The molecule has 0 unspecified atom stereocenters. The van der Waals surface area contributed by atoms with Crippen LogP contribution in [0.15, 0.2) is 88.6 Å². The largest absolute Gasteiger partial charge is 0.441 e. The summed E-state index contributed by atoms with van der Waals surface area (Å²) in [5.74, 6) is 1.89. The Morgan fingerprint density at radius 3 is 1.91 bits per heavy atom. The third kappa shape index (κ3) is 5.74. The standard InChI is InChI=1S/C34H32N4O6/c1-7-28-23(6)32(36-34(28)44-27-16-12-25(13-17-27)38(41)42)30(29-18-19(2)8-9-20(29)3)31-21(4)22(5)33(35-31)43-26-14-10-24(11-15-26)37(39)40/h8-18,36H,7H2,1-6H3/b31-30-. The minimum Gasteiger partial charge on any atom is -0.441 e. The quantitative estimate of drug-likeness (QED) is 0.161. The molecule has 44 heavy (non-hydrogen) atoms. The number of benzene rings is 3. The van der Waals surface area contributed by atoms with Crippen molar-refractivity contribution in [1.82, 2.24) is 4.98 Å². The predicted molar refractivity (Wildman–Crippen MR) is 170 cm³/mol. The van der Waals surface area contributed by atoms with Gasteiger partial charge in [-0.25, -0.2) is 4.99 Å². The molecule has 1 aromatic heterocycles. The summed E-state index contributed by atoms with van der Waals surface area (Å²) in [6.07, 6.45) is 0.686. The molecule has 10 nitrogen and oxygen atoms in total. The number of aromatic amines is 1. The molecule has 10 heteroatoms. The average Bonchev–Trinajstić information content (AvgIpc) is 3.45. The Morgan fingerprint density at radius 1 is 0.795 bits per heavy atom. The number of nitro groups is 2. The Bertz CT molecular complexity index is 1880. The summed E-state index contributed by atoms with van der Waals surface area (Å²) in [6.45, 7) is 12.1. The molecule has 1 aliphatic heterocycles. The van der Waals surface area contributed by atoms with Crippen molar-refractivity contribution in [2.75, 3.05) is 0 Å². The van der Waals surface area contributed by atoms with E-state index in [0.29, 0.717) is 29.7 Å². The van der Waals surface area contributed by atoms with E-state index >= 15 is 0 Å². The van der Waals surface area contributed by atoms with Gasteiger partial charge in [0.1, 0.15) is 11.5 Å². The van der Waals surface area contributed by atoms with Crippen LogP contribution in [0.5, 0.6) is 17.4 Å². The van der Waals surface area contributed by atoms with Gasteiger partial charge in [0.05, 0.1) is 21.2 Å². The van der Waals surface area contributed by atoms with E-state index in [9.17, 15) is 20.2 Å². The van der Waals surface area contributed by atoms with Crippen LogP contribution in [0.1, 0.15) is 54.3 Å². The summed E-state index contributed by atoms with van der Waals surface area (Å²) in [4.78, 5) is 29.8. The van der Waals surface area contributed by atoms with Crippen LogP contribution in [0.4, 0.5) is 11.4 Å². The van der Waals surface area contributed by atoms with Gasteiger partial charge in [-0.2, -0.15) is 0 Å². The number of non-ortho nitro benzene ring substituents is 2. The summed E-state index contributed by atoms with van der Waals surface area (Å²) in [7, 11) is 0. The van der Waals surface area contributed by atoms with Gasteiger partial charge in [0.15, 0.2) is 0 Å². The molecule has 1 aliphatic rings. The minimum atomic E-state index is -0.452. The van der Waals surface area contributed by atoms with Crippen molar-refractivity contribution in [1.29, 1.82) is 0 Å². The fourth-order valence-electron chi connectivity index (χ4n) is 5.20. The van der Waals surface area contributed by atoms with Crippen molar-refractivity contribution in [2.45, 2.75) is 48.0 Å². The molecule has 0 atom stereocenters. The van der Waals surface area contributed by atoms with Crippen molar-refractivity contribution in [2.24, 2.45) is 4.99 Å². The van der Waals surface area contributed by atoms with E-state index in [0.717, 1.165) is 55.9 Å². The molecule has 5 rings (SSSR count). The van der Waals surface area contributed by atoms with E-state index in [1.807, 2.05) is 34.6 Å². The molecule has 0 bridgehead atoms. The number of aromatic nitrogens is 1.